The molecule has 0 bridgehead atoms. The normalized spacial score (nSPS) is 10.9. The van der Waals surface area contributed by atoms with Gasteiger partial charge in [0.1, 0.15) is 6.54 Å². The molecule has 0 aliphatic heterocycles. The lowest BCUT2D eigenvalue weighted by Gasteiger charge is -2.13. The summed E-state index contributed by atoms with van der Waals surface area (Å²) in [7, 11) is 4.65. The van der Waals surface area contributed by atoms with Crippen LogP contribution in [0.5, 0.6) is 17.2 Å². The molecule has 4 aromatic rings. The molecule has 0 unspecified atom stereocenters. The van der Waals surface area contributed by atoms with Gasteiger partial charge < -0.3 is 18.7 Å². The Hall–Kier alpha value is -3.62. The summed E-state index contributed by atoms with van der Waals surface area (Å²) >= 11 is 0. The fourth-order valence-electron chi connectivity index (χ4n) is 2.86. The van der Waals surface area contributed by atoms with Crippen molar-refractivity contribution in [2.24, 2.45) is 0 Å². The maximum absolute atomic E-state index is 5.48. The third-order valence-electron chi connectivity index (χ3n) is 4.10. The Kier molecular flexibility index (Phi) is 4.33. The first kappa shape index (κ1) is 16.8. The van der Waals surface area contributed by atoms with E-state index in [-0.39, 0.29) is 0 Å². The van der Waals surface area contributed by atoms with E-state index >= 15 is 0 Å². The number of nitrogens with zero attached hydrogens (tertiary/aromatic N) is 5. The molecule has 0 atom stereocenters. The summed E-state index contributed by atoms with van der Waals surface area (Å²) < 4.78 is 23.3. The molecule has 0 fully saturated rings. The van der Waals surface area contributed by atoms with E-state index in [9.17, 15) is 0 Å². The van der Waals surface area contributed by atoms with Gasteiger partial charge in [0.25, 0.3) is 0 Å². The molecule has 0 aliphatic carbocycles. The van der Waals surface area contributed by atoms with Crippen LogP contribution in [-0.4, -0.2) is 46.2 Å². The lowest BCUT2D eigenvalue weighted by Crippen LogP contribution is -2.02. The Labute approximate surface area is 154 Å². The molecule has 9 heteroatoms. The summed E-state index contributed by atoms with van der Waals surface area (Å²) in [5.74, 6) is 2.27. The van der Waals surface area contributed by atoms with Gasteiger partial charge in [-0.3, -0.25) is 0 Å². The van der Waals surface area contributed by atoms with Gasteiger partial charge in [0, 0.05) is 11.6 Å². The van der Waals surface area contributed by atoms with Crippen molar-refractivity contribution in [3.63, 3.8) is 0 Å². The molecule has 3 heterocycles. The van der Waals surface area contributed by atoms with Crippen LogP contribution < -0.4 is 14.2 Å². The highest BCUT2D eigenvalue weighted by atomic mass is 16.5. The number of fused-ring (bicyclic) bond motifs is 1. The number of hydrogen-bond acceptors (Lipinski definition) is 8. The lowest BCUT2D eigenvalue weighted by molar-refractivity contribution is 0.325. The van der Waals surface area contributed by atoms with Crippen molar-refractivity contribution in [3.8, 4) is 28.6 Å². The second kappa shape index (κ2) is 6.94. The van der Waals surface area contributed by atoms with Crippen molar-refractivity contribution >= 4 is 11.0 Å². The van der Waals surface area contributed by atoms with E-state index in [1.807, 2.05) is 12.1 Å². The highest BCUT2D eigenvalue weighted by molar-refractivity contribution is 5.74. The minimum absolute atomic E-state index is 0.309. The van der Waals surface area contributed by atoms with Gasteiger partial charge in [0.15, 0.2) is 17.1 Å². The summed E-state index contributed by atoms with van der Waals surface area (Å²) in [6, 6.07) is 7.36. The number of aromatic nitrogens is 5. The van der Waals surface area contributed by atoms with E-state index in [0.29, 0.717) is 41.1 Å². The fraction of sp³-hybridized carbons (Fsp3) is 0.222. The van der Waals surface area contributed by atoms with E-state index in [1.165, 1.54) is 0 Å². The summed E-state index contributed by atoms with van der Waals surface area (Å²) in [6.07, 6.45) is 3.46. The van der Waals surface area contributed by atoms with Crippen molar-refractivity contribution in [1.29, 1.82) is 0 Å². The molecule has 0 aliphatic rings. The molecule has 27 heavy (non-hydrogen) atoms. The average molecular weight is 367 g/mol. The van der Waals surface area contributed by atoms with Crippen LogP contribution in [0.3, 0.4) is 0 Å². The summed E-state index contributed by atoms with van der Waals surface area (Å²) in [4.78, 5) is 8.79. The van der Waals surface area contributed by atoms with Crippen LogP contribution in [0, 0.1) is 0 Å². The third-order valence-corrected chi connectivity index (χ3v) is 4.10. The molecule has 1 aromatic carbocycles. The van der Waals surface area contributed by atoms with Gasteiger partial charge in [-0.05, 0) is 24.3 Å². The Morgan fingerprint density at radius 1 is 1.04 bits per heavy atom. The van der Waals surface area contributed by atoms with Crippen LogP contribution in [0.15, 0.2) is 41.2 Å². The first-order valence-electron chi connectivity index (χ1n) is 8.13. The maximum Gasteiger partial charge on any atom is 0.248 e. The highest BCUT2D eigenvalue weighted by Crippen LogP contribution is 2.43. The number of pyridine rings is 1. The third kappa shape index (κ3) is 2.92. The van der Waals surface area contributed by atoms with Crippen molar-refractivity contribution in [2.45, 2.75) is 6.54 Å². The van der Waals surface area contributed by atoms with Crippen LogP contribution in [-0.2, 0) is 6.54 Å². The molecule has 0 saturated heterocycles. The first-order valence-corrected chi connectivity index (χ1v) is 8.13. The molecule has 0 spiro atoms. The molecule has 4 rings (SSSR count). The predicted molar refractivity (Wildman–Crippen MR) is 96.0 cm³/mol. The Morgan fingerprint density at radius 2 is 1.89 bits per heavy atom. The molecule has 3 aromatic heterocycles. The fourth-order valence-corrected chi connectivity index (χ4v) is 2.86. The standard InChI is InChI=1S/C18H17N5O4/c1-24-13-7-6-12(15(25-2)16(13)26-3)17-21-14(27-22-17)10-23-18-11(9-20-23)5-4-8-19-18/h4-9H,10H2,1-3H3. The largest absolute Gasteiger partial charge is 0.493 e. The summed E-state index contributed by atoms with van der Waals surface area (Å²) in [6.45, 7) is 0.309. The van der Waals surface area contributed by atoms with Gasteiger partial charge in [-0.25, -0.2) is 9.67 Å². The summed E-state index contributed by atoms with van der Waals surface area (Å²) in [5, 5.41) is 9.33. The van der Waals surface area contributed by atoms with Gasteiger partial charge in [0.2, 0.25) is 17.5 Å². The van der Waals surface area contributed by atoms with Crippen molar-refractivity contribution in [3.05, 3.63) is 42.5 Å². The van der Waals surface area contributed by atoms with Crippen LogP contribution in [0.25, 0.3) is 22.4 Å². The molecule has 0 amide bonds. The van der Waals surface area contributed by atoms with Crippen LogP contribution in [0.2, 0.25) is 0 Å². The number of benzene rings is 1. The monoisotopic (exact) mass is 367 g/mol. The summed E-state index contributed by atoms with van der Waals surface area (Å²) in [5.41, 5.74) is 1.38. The van der Waals surface area contributed by atoms with Crippen LogP contribution >= 0.6 is 0 Å². The van der Waals surface area contributed by atoms with Crippen LogP contribution in [0.4, 0.5) is 0 Å². The lowest BCUT2D eigenvalue weighted by atomic mass is 10.1. The smallest absolute Gasteiger partial charge is 0.248 e. The van der Waals surface area contributed by atoms with Gasteiger partial charge in [-0.2, -0.15) is 10.1 Å². The minimum atomic E-state index is 0.309. The van der Waals surface area contributed by atoms with Gasteiger partial charge >= 0.3 is 0 Å². The van der Waals surface area contributed by atoms with Crippen molar-refractivity contribution in [1.82, 2.24) is 24.9 Å². The maximum atomic E-state index is 5.48. The van der Waals surface area contributed by atoms with E-state index in [4.69, 9.17) is 18.7 Å². The Morgan fingerprint density at radius 3 is 2.67 bits per heavy atom. The van der Waals surface area contributed by atoms with Crippen molar-refractivity contribution < 1.29 is 18.7 Å². The number of hydrogen-bond donors (Lipinski definition) is 0. The number of methoxy groups -OCH3 is 3. The molecule has 138 valence electrons. The van der Waals surface area contributed by atoms with E-state index in [0.717, 1.165) is 11.0 Å². The predicted octanol–water partition coefficient (Wildman–Crippen LogP) is 2.56. The van der Waals surface area contributed by atoms with E-state index in [1.54, 1.807) is 50.5 Å². The molecule has 0 N–H and O–H groups in total. The second-order valence-corrected chi connectivity index (χ2v) is 5.61. The molecule has 0 radical (unpaired) electrons. The molecular formula is C18H17N5O4. The molecule has 0 saturated carbocycles. The molecule has 9 nitrogen and oxygen atoms in total. The van der Waals surface area contributed by atoms with Gasteiger partial charge in [0.05, 0.1) is 33.1 Å². The molecular weight excluding hydrogens is 350 g/mol. The van der Waals surface area contributed by atoms with Crippen molar-refractivity contribution in [2.75, 3.05) is 21.3 Å². The quantitative estimate of drug-likeness (QED) is 0.513. The Bertz CT molecular complexity index is 1090. The SMILES string of the molecule is COc1ccc(-c2noc(Cn3ncc4cccnc43)n2)c(OC)c1OC. The first-order chi connectivity index (χ1) is 13.2. The van der Waals surface area contributed by atoms with Gasteiger partial charge in [-0.1, -0.05) is 5.16 Å². The average Bonchev–Trinajstić information content (AvgIpc) is 3.34. The number of ether oxygens (including phenoxy) is 3. The second-order valence-electron chi connectivity index (χ2n) is 5.61. The zero-order valence-corrected chi connectivity index (χ0v) is 15.0. The van der Waals surface area contributed by atoms with E-state index < -0.39 is 0 Å². The van der Waals surface area contributed by atoms with Gasteiger partial charge in [-0.15, -0.1) is 0 Å². The zero-order valence-electron chi connectivity index (χ0n) is 15.0. The minimum Gasteiger partial charge on any atom is -0.493 e. The number of rotatable bonds is 6. The Balaban J connectivity index is 1.69. The van der Waals surface area contributed by atoms with Crippen LogP contribution in [0.1, 0.15) is 5.89 Å². The highest BCUT2D eigenvalue weighted by Gasteiger charge is 2.21. The van der Waals surface area contributed by atoms with E-state index in [2.05, 4.69) is 20.2 Å². The topological polar surface area (TPSA) is 97.3 Å². The zero-order chi connectivity index (χ0) is 18.8.